The van der Waals surface area contributed by atoms with Crippen molar-refractivity contribution in [3.05, 3.63) is 34.3 Å². The number of alkyl halides is 2. The second-order valence-electron chi connectivity index (χ2n) is 3.99. The summed E-state index contributed by atoms with van der Waals surface area (Å²) in [5, 5.41) is 2.90. The van der Waals surface area contributed by atoms with Gasteiger partial charge in [-0.25, -0.2) is 8.78 Å². The van der Waals surface area contributed by atoms with Gasteiger partial charge in [0.1, 0.15) is 5.54 Å². The molecule has 0 spiro atoms. The van der Waals surface area contributed by atoms with E-state index < -0.39 is 11.5 Å². The van der Waals surface area contributed by atoms with E-state index in [0.29, 0.717) is 12.1 Å². The Morgan fingerprint density at radius 2 is 2.00 bits per heavy atom. The molecule has 0 bridgehead atoms. The van der Waals surface area contributed by atoms with Crippen molar-refractivity contribution in [2.24, 2.45) is 0 Å². The largest absolute Gasteiger partial charge is 0.302 e. The molecule has 0 saturated carbocycles. The third kappa shape index (κ3) is 1.60. The summed E-state index contributed by atoms with van der Waals surface area (Å²) in [7, 11) is 0. The zero-order valence-corrected chi connectivity index (χ0v) is 9.94. The van der Waals surface area contributed by atoms with Gasteiger partial charge in [0, 0.05) is 17.4 Å². The van der Waals surface area contributed by atoms with E-state index in [0.717, 1.165) is 4.47 Å². The van der Waals surface area contributed by atoms with Gasteiger partial charge >= 0.3 is 0 Å². The molecule has 1 fully saturated rings. The highest BCUT2D eigenvalue weighted by atomic mass is 79.9. The van der Waals surface area contributed by atoms with E-state index in [4.69, 9.17) is 0 Å². The third-order valence-electron chi connectivity index (χ3n) is 3.06. The van der Waals surface area contributed by atoms with Crippen LogP contribution in [0.4, 0.5) is 8.78 Å². The second kappa shape index (κ2) is 3.52. The Hall–Kier alpha value is -0.480. The summed E-state index contributed by atoms with van der Waals surface area (Å²) in [5.74, 6) is -2.70. The Kier molecular flexibility index (Phi) is 2.59. The summed E-state index contributed by atoms with van der Waals surface area (Å²) < 4.78 is 28.3. The Balaban J connectivity index is 2.50. The van der Waals surface area contributed by atoms with Crippen molar-refractivity contribution in [1.82, 2.24) is 5.32 Å². The molecule has 1 atom stereocenters. The number of benzene rings is 1. The predicted octanol–water partition coefficient (Wildman–Crippen LogP) is 3.29. The van der Waals surface area contributed by atoms with Crippen LogP contribution in [0.2, 0.25) is 0 Å². The fraction of sp³-hybridized carbons (Fsp3) is 0.455. The molecule has 2 rings (SSSR count). The lowest BCUT2D eigenvalue weighted by Crippen LogP contribution is -2.46. The maximum atomic E-state index is 13.8. The zero-order valence-electron chi connectivity index (χ0n) is 8.36. The van der Waals surface area contributed by atoms with Crippen molar-refractivity contribution in [1.29, 1.82) is 0 Å². The van der Waals surface area contributed by atoms with Gasteiger partial charge < -0.3 is 5.32 Å². The molecule has 1 nitrogen and oxygen atoms in total. The van der Waals surface area contributed by atoms with Crippen molar-refractivity contribution >= 4 is 15.9 Å². The summed E-state index contributed by atoms with van der Waals surface area (Å²) in [6.07, 6.45) is -0.106. The quantitative estimate of drug-likeness (QED) is 0.830. The molecule has 15 heavy (non-hydrogen) atoms. The van der Waals surface area contributed by atoms with E-state index in [1.54, 1.807) is 25.1 Å². The van der Waals surface area contributed by atoms with Gasteiger partial charge in [0.15, 0.2) is 0 Å². The minimum atomic E-state index is -2.70. The molecule has 1 aliphatic rings. The molecule has 4 heteroatoms. The standard InChI is InChI=1S/C11H12BrF2N/c1-10(11(13,14)6-7-15-10)8-4-2-3-5-9(8)12/h2-5,15H,6-7H2,1H3. The molecule has 0 aromatic heterocycles. The highest BCUT2D eigenvalue weighted by molar-refractivity contribution is 9.10. The lowest BCUT2D eigenvalue weighted by Gasteiger charge is -2.32. The minimum absolute atomic E-state index is 0.106. The van der Waals surface area contributed by atoms with Crippen molar-refractivity contribution in [3.63, 3.8) is 0 Å². The van der Waals surface area contributed by atoms with Crippen LogP contribution in [-0.2, 0) is 5.54 Å². The summed E-state index contributed by atoms with van der Waals surface area (Å²) in [4.78, 5) is 0. The lowest BCUT2D eigenvalue weighted by atomic mass is 9.87. The van der Waals surface area contributed by atoms with E-state index in [9.17, 15) is 8.78 Å². The van der Waals surface area contributed by atoms with Crippen LogP contribution in [0.1, 0.15) is 18.9 Å². The molecular formula is C11H12BrF2N. The maximum Gasteiger partial charge on any atom is 0.271 e. The Morgan fingerprint density at radius 1 is 1.33 bits per heavy atom. The highest BCUT2D eigenvalue weighted by Crippen LogP contribution is 2.45. The van der Waals surface area contributed by atoms with Crippen LogP contribution in [0, 0.1) is 0 Å². The average molecular weight is 276 g/mol. The smallest absolute Gasteiger partial charge is 0.271 e. The van der Waals surface area contributed by atoms with Crippen molar-refractivity contribution in [2.45, 2.75) is 24.8 Å². The minimum Gasteiger partial charge on any atom is -0.302 e. The molecule has 1 aromatic rings. The normalized spacial score (nSPS) is 29.3. The van der Waals surface area contributed by atoms with Crippen LogP contribution in [0.5, 0.6) is 0 Å². The molecular weight excluding hydrogens is 264 g/mol. The van der Waals surface area contributed by atoms with Gasteiger partial charge in [-0.05, 0) is 18.6 Å². The number of hydrogen-bond donors (Lipinski definition) is 1. The van der Waals surface area contributed by atoms with E-state index in [2.05, 4.69) is 21.2 Å². The summed E-state index contributed by atoms with van der Waals surface area (Å²) in [6, 6.07) is 7.12. The first-order valence-electron chi connectivity index (χ1n) is 4.85. The number of nitrogens with one attached hydrogen (secondary N) is 1. The van der Waals surface area contributed by atoms with Crippen LogP contribution >= 0.6 is 15.9 Å². The molecule has 1 saturated heterocycles. The fourth-order valence-corrected chi connectivity index (χ4v) is 2.69. The Labute approximate surface area is 96.0 Å². The highest BCUT2D eigenvalue weighted by Gasteiger charge is 2.55. The summed E-state index contributed by atoms with van der Waals surface area (Å²) >= 11 is 3.32. The van der Waals surface area contributed by atoms with Gasteiger partial charge in [0.2, 0.25) is 0 Å². The van der Waals surface area contributed by atoms with Gasteiger partial charge in [-0.3, -0.25) is 0 Å². The van der Waals surface area contributed by atoms with Crippen LogP contribution < -0.4 is 5.32 Å². The molecule has 82 valence electrons. The third-order valence-corrected chi connectivity index (χ3v) is 3.75. The number of halogens is 3. The van der Waals surface area contributed by atoms with E-state index in [-0.39, 0.29) is 6.42 Å². The summed E-state index contributed by atoms with van der Waals surface area (Å²) in [6.45, 7) is 1.91. The zero-order chi connectivity index (χ0) is 11.1. The summed E-state index contributed by atoms with van der Waals surface area (Å²) in [5.41, 5.74) is -0.639. The molecule has 1 aromatic carbocycles. The van der Waals surface area contributed by atoms with Crippen LogP contribution in [-0.4, -0.2) is 12.5 Å². The topological polar surface area (TPSA) is 12.0 Å². The molecule has 0 aliphatic carbocycles. The van der Waals surface area contributed by atoms with Crippen molar-refractivity contribution < 1.29 is 8.78 Å². The van der Waals surface area contributed by atoms with E-state index in [1.807, 2.05) is 6.07 Å². The Morgan fingerprint density at radius 3 is 2.53 bits per heavy atom. The average Bonchev–Trinajstić information content (AvgIpc) is 2.43. The van der Waals surface area contributed by atoms with Gasteiger partial charge in [-0.15, -0.1) is 0 Å². The van der Waals surface area contributed by atoms with E-state index >= 15 is 0 Å². The molecule has 1 heterocycles. The first-order valence-corrected chi connectivity index (χ1v) is 5.64. The lowest BCUT2D eigenvalue weighted by molar-refractivity contribution is -0.0562. The van der Waals surface area contributed by atoms with Crippen LogP contribution in [0.15, 0.2) is 28.7 Å². The monoisotopic (exact) mass is 275 g/mol. The molecule has 0 radical (unpaired) electrons. The molecule has 0 amide bonds. The molecule has 1 N–H and O–H groups in total. The first kappa shape index (κ1) is 11.0. The number of rotatable bonds is 1. The Bertz CT molecular complexity index is 381. The maximum absolute atomic E-state index is 13.8. The SMILES string of the molecule is CC1(c2ccccc2Br)NCCC1(F)F. The van der Waals surface area contributed by atoms with Crippen LogP contribution in [0.3, 0.4) is 0 Å². The fourth-order valence-electron chi connectivity index (χ4n) is 2.01. The predicted molar refractivity (Wildman–Crippen MR) is 59.1 cm³/mol. The van der Waals surface area contributed by atoms with Gasteiger partial charge in [0.25, 0.3) is 5.92 Å². The molecule has 1 unspecified atom stereocenters. The van der Waals surface area contributed by atoms with Crippen molar-refractivity contribution in [3.8, 4) is 0 Å². The first-order chi connectivity index (χ1) is 6.97. The van der Waals surface area contributed by atoms with E-state index in [1.165, 1.54) is 0 Å². The molecule has 1 aliphatic heterocycles. The van der Waals surface area contributed by atoms with Crippen molar-refractivity contribution in [2.75, 3.05) is 6.54 Å². The second-order valence-corrected chi connectivity index (χ2v) is 4.84. The van der Waals surface area contributed by atoms with Gasteiger partial charge in [0.05, 0.1) is 0 Å². The van der Waals surface area contributed by atoms with Gasteiger partial charge in [-0.1, -0.05) is 34.1 Å². The number of hydrogen-bond acceptors (Lipinski definition) is 1. The van der Waals surface area contributed by atoms with Gasteiger partial charge in [-0.2, -0.15) is 0 Å². The van der Waals surface area contributed by atoms with Crippen LogP contribution in [0.25, 0.3) is 0 Å².